The topological polar surface area (TPSA) is 35.2 Å². The van der Waals surface area contributed by atoms with E-state index in [4.69, 9.17) is 10.5 Å². The first-order valence-electron chi connectivity index (χ1n) is 6.70. The van der Waals surface area contributed by atoms with Gasteiger partial charge in [0, 0.05) is 6.54 Å². The van der Waals surface area contributed by atoms with E-state index in [1.165, 1.54) is 31.2 Å². The number of benzene rings is 1. The maximum atomic E-state index is 6.17. The molecule has 1 aromatic carbocycles. The molecule has 94 valence electrons. The molecule has 1 aromatic rings. The molecule has 1 aliphatic rings. The predicted octanol–water partition coefficient (Wildman–Crippen LogP) is 3.28. The minimum atomic E-state index is 0.0616. The molecule has 1 fully saturated rings. The summed E-state index contributed by atoms with van der Waals surface area (Å²) in [6.07, 6.45) is 5.46. The zero-order valence-electron chi connectivity index (χ0n) is 10.6. The summed E-state index contributed by atoms with van der Waals surface area (Å²) in [5.41, 5.74) is 7.03. The van der Waals surface area contributed by atoms with Gasteiger partial charge < -0.3 is 10.5 Å². The highest BCUT2D eigenvalue weighted by Crippen LogP contribution is 2.29. The van der Waals surface area contributed by atoms with Crippen LogP contribution in [0.2, 0.25) is 0 Å². The van der Waals surface area contributed by atoms with Gasteiger partial charge in [0.05, 0.1) is 12.2 Å². The summed E-state index contributed by atoms with van der Waals surface area (Å²) in [5.74, 6) is 0.794. The SMILES string of the molecule is CC1CCCC(OC(CN)c2ccccc2)C1. The number of hydrogen-bond donors (Lipinski definition) is 1. The van der Waals surface area contributed by atoms with Crippen LogP contribution in [0.5, 0.6) is 0 Å². The molecule has 2 rings (SSSR count). The summed E-state index contributed by atoms with van der Waals surface area (Å²) in [6.45, 7) is 2.88. The van der Waals surface area contributed by atoms with Crippen molar-refractivity contribution in [2.24, 2.45) is 11.7 Å². The monoisotopic (exact) mass is 233 g/mol. The van der Waals surface area contributed by atoms with Crippen LogP contribution in [-0.2, 0) is 4.74 Å². The van der Waals surface area contributed by atoms with Gasteiger partial charge in [-0.2, -0.15) is 0 Å². The molecule has 0 amide bonds. The molecule has 0 bridgehead atoms. The fourth-order valence-electron chi connectivity index (χ4n) is 2.67. The molecule has 1 aliphatic carbocycles. The highest BCUT2D eigenvalue weighted by atomic mass is 16.5. The van der Waals surface area contributed by atoms with Crippen molar-refractivity contribution in [2.45, 2.75) is 44.8 Å². The van der Waals surface area contributed by atoms with Crippen molar-refractivity contribution in [3.8, 4) is 0 Å². The molecule has 2 heteroatoms. The Balaban J connectivity index is 1.95. The first-order valence-corrected chi connectivity index (χ1v) is 6.70. The van der Waals surface area contributed by atoms with E-state index in [0.29, 0.717) is 12.6 Å². The Morgan fingerprint density at radius 2 is 2.06 bits per heavy atom. The van der Waals surface area contributed by atoms with Gasteiger partial charge in [0.15, 0.2) is 0 Å². The fourth-order valence-corrected chi connectivity index (χ4v) is 2.67. The van der Waals surface area contributed by atoms with Crippen molar-refractivity contribution in [1.82, 2.24) is 0 Å². The third-order valence-electron chi connectivity index (χ3n) is 3.63. The van der Waals surface area contributed by atoms with E-state index in [2.05, 4.69) is 19.1 Å². The molecule has 0 radical (unpaired) electrons. The Labute approximate surface area is 104 Å². The lowest BCUT2D eigenvalue weighted by Gasteiger charge is -2.30. The summed E-state index contributed by atoms with van der Waals surface area (Å²) in [6, 6.07) is 10.3. The average molecular weight is 233 g/mol. The predicted molar refractivity (Wildman–Crippen MR) is 70.7 cm³/mol. The van der Waals surface area contributed by atoms with E-state index in [1.807, 2.05) is 18.2 Å². The van der Waals surface area contributed by atoms with Crippen molar-refractivity contribution in [3.63, 3.8) is 0 Å². The van der Waals surface area contributed by atoms with Crippen molar-refractivity contribution in [3.05, 3.63) is 35.9 Å². The van der Waals surface area contributed by atoms with E-state index in [1.54, 1.807) is 0 Å². The van der Waals surface area contributed by atoms with Gasteiger partial charge in [-0.3, -0.25) is 0 Å². The molecule has 0 saturated heterocycles. The fraction of sp³-hybridized carbons (Fsp3) is 0.600. The Kier molecular flexibility index (Phi) is 4.57. The summed E-state index contributed by atoms with van der Waals surface area (Å²) in [5, 5.41) is 0. The Morgan fingerprint density at radius 1 is 1.29 bits per heavy atom. The van der Waals surface area contributed by atoms with Crippen molar-refractivity contribution in [2.75, 3.05) is 6.54 Å². The quantitative estimate of drug-likeness (QED) is 0.866. The van der Waals surface area contributed by atoms with Crippen LogP contribution in [-0.4, -0.2) is 12.6 Å². The van der Waals surface area contributed by atoms with Gasteiger partial charge in [-0.15, -0.1) is 0 Å². The lowest BCUT2D eigenvalue weighted by atomic mass is 9.88. The third-order valence-corrected chi connectivity index (χ3v) is 3.63. The summed E-state index contributed by atoms with van der Waals surface area (Å²) in [4.78, 5) is 0. The molecule has 3 atom stereocenters. The van der Waals surface area contributed by atoms with Gasteiger partial charge in [0.25, 0.3) is 0 Å². The smallest absolute Gasteiger partial charge is 0.0950 e. The minimum Gasteiger partial charge on any atom is -0.369 e. The standard InChI is InChI=1S/C15H23NO/c1-12-6-5-9-14(10-12)17-15(11-16)13-7-3-2-4-8-13/h2-4,7-8,12,14-15H,5-6,9-11,16H2,1H3. The molecule has 0 aliphatic heterocycles. The Morgan fingerprint density at radius 3 is 2.71 bits per heavy atom. The normalized spacial score (nSPS) is 26.7. The van der Waals surface area contributed by atoms with Crippen molar-refractivity contribution >= 4 is 0 Å². The van der Waals surface area contributed by atoms with E-state index < -0.39 is 0 Å². The molecule has 17 heavy (non-hydrogen) atoms. The molecular weight excluding hydrogens is 210 g/mol. The van der Waals surface area contributed by atoms with Crippen LogP contribution >= 0.6 is 0 Å². The van der Waals surface area contributed by atoms with E-state index >= 15 is 0 Å². The largest absolute Gasteiger partial charge is 0.369 e. The van der Waals surface area contributed by atoms with Crippen LogP contribution in [0.4, 0.5) is 0 Å². The Hall–Kier alpha value is -0.860. The second-order valence-electron chi connectivity index (χ2n) is 5.16. The zero-order chi connectivity index (χ0) is 12.1. The Bertz CT molecular complexity index is 325. The van der Waals surface area contributed by atoms with Gasteiger partial charge in [-0.25, -0.2) is 0 Å². The lowest BCUT2D eigenvalue weighted by Crippen LogP contribution is -2.26. The lowest BCUT2D eigenvalue weighted by molar-refractivity contribution is -0.0361. The van der Waals surface area contributed by atoms with Crippen LogP contribution in [0, 0.1) is 5.92 Å². The van der Waals surface area contributed by atoms with E-state index in [9.17, 15) is 0 Å². The maximum Gasteiger partial charge on any atom is 0.0950 e. The van der Waals surface area contributed by atoms with Crippen molar-refractivity contribution in [1.29, 1.82) is 0 Å². The van der Waals surface area contributed by atoms with Crippen LogP contribution in [0.15, 0.2) is 30.3 Å². The highest BCUT2D eigenvalue weighted by molar-refractivity contribution is 5.17. The molecule has 0 spiro atoms. The number of rotatable bonds is 4. The van der Waals surface area contributed by atoms with E-state index in [0.717, 1.165) is 5.92 Å². The second kappa shape index (κ2) is 6.18. The number of hydrogen-bond acceptors (Lipinski definition) is 2. The van der Waals surface area contributed by atoms with Crippen LogP contribution in [0.3, 0.4) is 0 Å². The summed E-state index contributed by atoms with van der Waals surface area (Å²) < 4.78 is 6.17. The molecule has 0 heterocycles. The minimum absolute atomic E-state index is 0.0616. The zero-order valence-corrected chi connectivity index (χ0v) is 10.6. The second-order valence-corrected chi connectivity index (χ2v) is 5.16. The van der Waals surface area contributed by atoms with Gasteiger partial charge in [-0.05, 0) is 24.3 Å². The number of nitrogens with two attached hydrogens (primary N) is 1. The molecule has 0 aromatic heterocycles. The molecule has 3 unspecified atom stereocenters. The molecule has 2 nitrogen and oxygen atoms in total. The highest BCUT2D eigenvalue weighted by Gasteiger charge is 2.22. The van der Waals surface area contributed by atoms with Gasteiger partial charge in [-0.1, -0.05) is 50.1 Å². The summed E-state index contributed by atoms with van der Waals surface area (Å²) in [7, 11) is 0. The molecule has 2 N–H and O–H groups in total. The van der Waals surface area contributed by atoms with Gasteiger partial charge >= 0.3 is 0 Å². The van der Waals surface area contributed by atoms with Crippen molar-refractivity contribution < 1.29 is 4.74 Å². The number of ether oxygens (including phenoxy) is 1. The van der Waals surface area contributed by atoms with Gasteiger partial charge in [0.2, 0.25) is 0 Å². The van der Waals surface area contributed by atoms with Crippen LogP contribution in [0.25, 0.3) is 0 Å². The first-order chi connectivity index (χ1) is 8.29. The van der Waals surface area contributed by atoms with Crippen LogP contribution in [0.1, 0.15) is 44.3 Å². The maximum absolute atomic E-state index is 6.17. The van der Waals surface area contributed by atoms with Gasteiger partial charge in [0.1, 0.15) is 0 Å². The molecular formula is C15H23NO. The average Bonchev–Trinajstić information content (AvgIpc) is 2.37. The van der Waals surface area contributed by atoms with E-state index in [-0.39, 0.29) is 6.10 Å². The van der Waals surface area contributed by atoms with Crippen LogP contribution < -0.4 is 5.73 Å². The first kappa shape index (κ1) is 12.6. The molecule has 1 saturated carbocycles. The summed E-state index contributed by atoms with van der Waals surface area (Å²) >= 11 is 0. The third kappa shape index (κ3) is 3.55.